The fourth-order valence-electron chi connectivity index (χ4n) is 2.38. The van der Waals surface area contributed by atoms with Gasteiger partial charge >= 0.3 is 0 Å². The minimum Gasteiger partial charge on any atom is -0.379 e. The van der Waals surface area contributed by atoms with Crippen LogP contribution in [0.15, 0.2) is 18.2 Å². The number of nitrogens with zero attached hydrogens (tertiary/aromatic N) is 2. The van der Waals surface area contributed by atoms with E-state index in [2.05, 4.69) is 4.72 Å². The molecule has 1 fully saturated rings. The van der Waals surface area contributed by atoms with Gasteiger partial charge in [-0.3, -0.25) is 0 Å². The summed E-state index contributed by atoms with van der Waals surface area (Å²) >= 11 is 0. The number of anilines is 1. The number of benzene rings is 1. The Hall–Kier alpha value is -1.15. The van der Waals surface area contributed by atoms with E-state index in [1.54, 1.807) is 0 Å². The third kappa shape index (κ3) is 4.16. The van der Waals surface area contributed by atoms with Crippen LogP contribution < -0.4 is 9.62 Å². The molecule has 21 heavy (non-hydrogen) atoms. The topological polar surface area (TPSA) is 61.9 Å². The van der Waals surface area contributed by atoms with Crippen molar-refractivity contribution >= 4 is 15.9 Å². The molecule has 0 atom stereocenters. The highest BCUT2D eigenvalue weighted by Gasteiger charge is 2.23. The summed E-state index contributed by atoms with van der Waals surface area (Å²) in [6.45, 7) is 4.06. The van der Waals surface area contributed by atoms with Crippen molar-refractivity contribution in [1.29, 1.82) is 0 Å². The Balaban J connectivity index is 2.00. The minimum absolute atomic E-state index is 0.300. The number of aryl methyl sites for hydroxylation is 1. The molecular weight excluding hydrogens is 290 g/mol. The molecular formula is C14H23N3O3S. The van der Waals surface area contributed by atoms with Gasteiger partial charge in [-0.25, -0.2) is 0 Å². The maximum Gasteiger partial charge on any atom is 0.279 e. The Morgan fingerprint density at radius 1 is 1.29 bits per heavy atom. The van der Waals surface area contributed by atoms with E-state index in [0.717, 1.165) is 16.8 Å². The van der Waals surface area contributed by atoms with Crippen LogP contribution in [-0.2, 0) is 21.5 Å². The van der Waals surface area contributed by atoms with Crippen LogP contribution in [0.2, 0.25) is 0 Å². The third-order valence-electron chi connectivity index (χ3n) is 3.51. The summed E-state index contributed by atoms with van der Waals surface area (Å²) in [4.78, 5) is 2.04. The summed E-state index contributed by atoms with van der Waals surface area (Å²) in [5.41, 5.74) is 3.22. The molecule has 1 N–H and O–H groups in total. The number of nitrogens with one attached hydrogen (secondary N) is 1. The monoisotopic (exact) mass is 313 g/mol. The average Bonchev–Trinajstić information content (AvgIpc) is 2.46. The summed E-state index contributed by atoms with van der Waals surface area (Å²) in [7, 11) is 0.551. The highest BCUT2D eigenvalue weighted by Crippen LogP contribution is 2.19. The van der Waals surface area contributed by atoms with E-state index in [1.165, 1.54) is 4.31 Å². The van der Waals surface area contributed by atoms with Crippen molar-refractivity contribution in [3.8, 4) is 0 Å². The van der Waals surface area contributed by atoms with Crippen LogP contribution >= 0.6 is 0 Å². The zero-order valence-electron chi connectivity index (χ0n) is 12.8. The molecule has 0 radical (unpaired) electrons. The first-order chi connectivity index (χ1) is 9.90. The lowest BCUT2D eigenvalue weighted by Gasteiger charge is -2.26. The lowest BCUT2D eigenvalue weighted by atomic mass is 10.1. The standard InChI is InChI=1S/C14H23N3O3S/c1-12-10-13(4-5-14(12)16(2)3)11-15-21(18,19)17-6-8-20-9-7-17/h4-5,10,15H,6-9,11H2,1-3H3. The Morgan fingerprint density at radius 3 is 2.52 bits per heavy atom. The first kappa shape index (κ1) is 16.2. The highest BCUT2D eigenvalue weighted by molar-refractivity contribution is 7.87. The number of ether oxygens (including phenoxy) is 1. The third-order valence-corrected chi connectivity index (χ3v) is 5.07. The summed E-state index contributed by atoms with van der Waals surface area (Å²) < 4.78 is 33.6. The Labute approximate surface area is 126 Å². The molecule has 0 aliphatic carbocycles. The van der Waals surface area contributed by atoms with E-state index in [1.807, 2.05) is 44.1 Å². The van der Waals surface area contributed by atoms with Crippen LogP contribution in [0, 0.1) is 6.92 Å². The smallest absolute Gasteiger partial charge is 0.279 e. The second kappa shape index (κ2) is 6.74. The van der Waals surface area contributed by atoms with Gasteiger partial charge in [-0.2, -0.15) is 17.4 Å². The molecule has 1 aromatic carbocycles. The van der Waals surface area contributed by atoms with Crippen molar-refractivity contribution in [1.82, 2.24) is 9.03 Å². The van der Waals surface area contributed by atoms with Crippen LogP contribution in [0.1, 0.15) is 11.1 Å². The molecule has 1 heterocycles. The molecule has 1 aliphatic heterocycles. The fourth-order valence-corrected chi connectivity index (χ4v) is 3.54. The normalized spacial score (nSPS) is 16.9. The lowest BCUT2D eigenvalue weighted by Crippen LogP contribution is -2.46. The predicted octanol–water partition coefficient (Wildman–Crippen LogP) is 0.728. The maximum atomic E-state index is 12.2. The molecule has 6 nitrogen and oxygen atoms in total. The maximum absolute atomic E-state index is 12.2. The van der Waals surface area contributed by atoms with Crippen molar-refractivity contribution in [2.24, 2.45) is 0 Å². The van der Waals surface area contributed by atoms with Crippen LogP contribution in [0.25, 0.3) is 0 Å². The van der Waals surface area contributed by atoms with Crippen molar-refractivity contribution in [2.75, 3.05) is 45.3 Å². The Kier molecular flexibility index (Phi) is 5.21. The molecule has 0 amide bonds. The van der Waals surface area contributed by atoms with E-state index in [0.29, 0.717) is 32.8 Å². The quantitative estimate of drug-likeness (QED) is 0.870. The summed E-state index contributed by atoms with van der Waals surface area (Å²) in [6, 6.07) is 5.97. The first-order valence-corrected chi connectivity index (χ1v) is 8.43. The highest BCUT2D eigenvalue weighted by atomic mass is 32.2. The Morgan fingerprint density at radius 2 is 1.95 bits per heavy atom. The van der Waals surface area contributed by atoms with Crippen molar-refractivity contribution in [2.45, 2.75) is 13.5 Å². The molecule has 0 bridgehead atoms. The van der Waals surface area contributed by atoms with Gasteiger partial charge in [0.05, 0.1) is 13.2 Å². The molecule has 118 valence electrons. The first-order valence-electron chi connectivity index (χ1n) is 6.99. The van der Waals surface area contributed by atoms with E-state index in [9.17, 15) is 8.42 Å². The molecule has 0 spiro atoms. The molecule has 1 aliphatic rings. The van der Waals surface area contributed by atoms with Gasteiger partial charge in [0.1, 0.15) is 0 Å². The number of hydrogen-bond donors (Lipinski definition) is 1. The van der Waals surface area contributed by atoms with Gasteiger partial charge < -0.3 is 9.64 Å². The van der Waals surface area contributed by atoms with Gasteiger partial charge in [0.25, 0.3) is 10.2 Å². The number of morpholine rings is 1. The van der Waals surface area contributed by atoms with Gasteiger partial charge in [-0.15, -0.1) is 0 Å². The van der Waals surface area contributed by atoms with Crippen LogP contribution in [0.3, 0.4) is 0 Å². The molecule has 0 saturated carbocycles. The molecule has 0 aromatic heterocycles. The van der Waals surface area contributed by atoms with Gasteiger partial charge in [-0.1, -0.05) is 12.1 Å². The average molecular weight is 313 g/mol. The van der Waals surface area contributed by atoms with Crippen LogP contribution in [0.5, 0.6) is 0 Å². The van der Waals surface area contributed by atoms with Gasteiger partial charge in [0.15, 0.2) is 0 Å². The second-order valence-corrected chi connectivity index (χ2v) is 7.11. The Bertz CT molecular complexity index is 581. The zero-order chi connectivity index (χ0) is 15.5. The van der Waals surface area contributed by atoms with Gasteiger partial charge in [0.2, 0.25) is 0 Å². The molecule has 1 saturated heterocycles. The number of rotatable bonds is 5. The predicted molar refractivity (Wildman–Crippen MR) is 83.7 cm³/mol. The van der Waals surface area contributed by atoms with E-state index < -0.39 is 10.2 Å². The molecule has 7 heteroatoms. The zero-order valence-corrected chi connectivity index (χ0v) is 13.6. The van der Waals surface area contributed by atoms with Crippen molar-refractivity contribution in [3.63, 3.8) is 0 Å². The largest absolute Gasteiger partial charge is 0.379 e. The van der Waals surface area contributed by atoms with Crippen LogP contribution in [0.4, 0.5) is 5.69 Å². The summed E-state index contributed by atoms with van der Waals surface area (Å²) in [6.07, 6.45) is 0. The van der Waals surface area contributed by atoms with Crippen LogP contribution in [-0.4, -0.2) is 53.1 Å². The SMILES string of the molecule is Cc1cc(CNS(=O)(=O)N2CCOCC2)ccc1N(C)C. The van der Waals surface area contributed by atoms with Gasteiger partial charge in [0, 0.05) is 39.4 Å². The number of hydrogen-bond acceptors (Lipinski definition) is 4. The lowest BCUT2D eigenvalue weighted by molar-refractivity contribution is 0.0725. The van der Waals surface area contributed by atoms with E-state index in [-0.39, 0.29) is 0 Å². The van der Waals surface area contributed by atoms with Crippen molar-refractivity contribution in [3.05, 3.63) is 29.3 Å². The fraction of sp³-hybridized carbons (Fsp3) is 0.571. The minimum atomic E-state index is -3.43. The van der Waals surface area contributed by atoms with Gasteiger partial charge in [-0.05, 0) is 24.1 Å². The molecule has 0 unspecified atom stereocenters. The molecule has 1 aromatic rings. The van der Waals surface area contributed by atoms with E-state index >= 15 is 0 Å². The molecule has 2 rings (SSSR count). The second-order valence-electron chi connectivity index (χ2n) is 5.35. The van der Waals surface area contributed by atoms with E-state index in [4.69, 9.17) is 4.74 Å². The van der Waals surface area contributed by atoms with Crippen molar-refractivity contribution < 1.29 is 13.2 Å². The summed E-state index contributed by atoms with van der Waals surface area (Å²) in [5.74, 6) is 0. The summed E-state index contributed by atoms with van der Waals surface area (Å²) in [5, 5.41) is 0.